The van der Waals surface area contributed by atoms with Gasteiger partial charge in [0.15, 0.2) is 6.61 Å². The van der Waals surface area contributed by atoms with Crippen molar-refractivity contribution in [3.05, 3.63) is 63.9 Å². The first-order valence-electron chi connectivity index (χ1n) is 9.09. The highest BCUT2D eigenvalue weighted by Crippen LogP contribution is 2.24. The number of hydrogen-bond acceptors (Lipinski definition) is 3. The molecule has 2 aromatic rings. The Balaban J connectivity index is 2.17. The number of nitrogens with one attached hydrogen (secondary N) is 1. The number of nitrogens with zero attached hydrogens (tertiary/aromatic N) is 1. The van der Waals surface area contributed by atoms with E-state index in [-0.39, 0.29) is 25.1 Å². The summed E-state index contributed by atoms with van der Waals surface area (Å²) >= 11 is 12.0. The predicted molar refractivity (Wildman–Crippen MR) is 112 cm³/mol. The van der Waals surface area contributed by atoms with Gasteiger partial charge in [0, 0.05) is 12.6 Å². The molecule has 0 saturated heterocycles. The van der Waals surface area contributed by atoms with E-state index >= 15 is 0 Å². The first-order valence-corrected chi connectivity index (χ1v) is 9.85. The number of hydrogen-bond donors (Lipinski definition) is 1. The van der Waals surface area contributed by atoms with Gasteiger partial charge in [-0.15, -0.1) is 0 Å². The lowest BCUT2D eigenvalue weighted by atomic mass is 10.1. The van der Waals surface area contributed by atoms with Crippen molar-refractivity contribution in [1.82, 2.24) is 10.2 Å². The summed E-state index contributed by atoms with van der Waals surface area (Å²) in [5.41, 5.74) is 0.721. The highest BCUT2D eigenvalue weighted by Gasteiger charge is 2.27. The second-order valence-electron chi connectivity index (χ2n) is 6.85. The van der Waals surface area contributed by atoms with Crippen molar-refractivity contribution in [3.8, 4) is 5.75 Å². The molecule has 0 saturated carbocycles. The molecule has 0 fully saturated rings. The van der Waals surface area contributed by atoms with E-state index in [1.165, 1.54) is 29.2 Å². The number of amides is 2. The van der Waals surface area contributed by atoms with Crippen molar-refractivity contribution in [2.24, 2.45) is 0 Å². The maximum absolute atomic E-state index is 13.0. The van der Waals surface area contributed by atoms with E-state index in [1.54, 1.807) is 25.1 Å². The molecule has 2 aromatic carbocycles. The summed E-state index contributed by atoms with van der Waals surface area (Å²) in [6.07, 6.45) is 0. The summed E-state index contributed by atoms with van der Waals surface area (Å²) in [7, 11) is 0. The molecule has 1 N–H and O–H groups in total. The van der Waals surface area contributed by atoms with Crippen LogP contribution >= 0.6 is 23.2 Å². The van der Waals surface area contributed by atoms with Crippen LogP contribution in [0, 0.1) is 5.82 Å². The van der Waals surface area contributed by atoms with Crippen molar-refractivity contribution in [2.45, 2.75) is 39.4 Å². The van der Waals surface area contributed by atoms with E-state index in [2.05, 4.69) is 5.32 Å². The van der Waals surface area contributed by atoms with Crippen molar-refractivity contribution in [3.63, 3.8) is 0 Å². The molecule has 1 atom stereocenters. The van der Waals surface area contributed by atoms with Crippen molar-refractivity contribution < 1.29 is 18.7 Å². The van der Waals surface area contributed by atoms with Crippen LogP contribution in [-0.4, -0.2) is 35.4 Å². The Hall–Kier alpha value is -2.31. The Morgan fingerprint density at radius 2 is 1.72 bits per heavy atom. The topological polar surface area (TPSA) is 58.6 Å². The lowest BCUT2D eigenvalue weighted by molar-refractivity contribution is -0.142. The van der Waals surface area contributed by atoms with Gasteiger partial charge in [0.05, 0.1) is 10.0 Å². The standard InChI is InChI=1S/C21H23Cl2FN2O3/c1-13(2)25-21(28)14(3)26(11-15-4-9-18(22)19(23)10-15)20(27)12-29-17-7-5-16(24)6-8-17/h4-10,13-14H,11-12H2,1-3H3,(H,25,28). The molecule has 0 radical (unpaired) electrons. The molecule has 2 rings (SSSR count). The van der Waals surface area contributed by atoms with Gasteiger partial charge >= 0.3 is 0 Å². The minimum Gasteiger partial charge on any atom is -0.484 e. The van der Waals surface area contributed by atoms with Gasteiger partial charge in [-0.05, 0) is 62.7 Å². The zero-order valence-corrected chi connectivity index (χ0v) is 17.9. The van der Waals surface area contributed by atoms with Crippen molar-refractivity contribution in [2.75, 3.05) is 6.61 Å². The predicted octanol–water partition coefficient (Wildman–Crippen LogP) is 4.45. The molecule has 0 aromatic heterocycles. The summed E-state index contributed by atoms with van der Waals surface area (Å²) in [6, 6.07) is 9.56. The van der Waals surface area contributed by atoms with Gasteiger partial charge in [-0.3, -0.25) is 9.59 Å². The smallest absolute Gasteiger partial charge is 0.261 e. The normalized spacial score (nSPS) is 11.8. The van der Waals surface area contributed by atoms with Crippen molar-refractivity contribution in [1.29, 1.82) is 0 Å². The molecule has 8 heteroatoms. The van der Waals surface area contributed by atoms with E-state index in [0.29, 0.717) is 15.8 Å². The fourth-order valence-corrected chi connectivity index (χ4v) is 2.90. The second kappa shape index (κ2) is 10.5. The van der Waals surface area contributed by atoms with Crippen LogP contribution in [0.15, 0.2) is 42.5 Å². The number of carbonyl (C=O) groups is 2. The monoisotopic (exact) mass is 440 g/mol. The van der Waals surface area contributed by atoms with Crippen LogP contribution in [-0.2, 0) is 16.1 Å². The lowest BCUT2D eigenvalue weighted by Crippen LogP contribution is -2.50. The van der Waals surface area contributed by atoms with E-state index < -0.39 is 17.8 Å². The molecule has 0 heterocycles. The Labute approximate surface area is 179 Å². The van der Waals surface area contributed by atoms with Crippen LogP contribution in [0.25, 0.3) is 0 Å². The fraction of sp³-hybridized carbons (Fsp3) is 0.333. The third-order valence-corrected chi connectivity index (χ3v) is 4.85. The average Bonchev–Trinajstić information content (AvgIpc) is 2.67. The first kappa shape index (κ1) is 23.0. The van der Waals surface area contributed by atoms with Gasteiger partial charge in [-0.25, -0.2) is 4.39 Å². The number of halogens is 3. The van der Waals surface area contributed by atoms with Crippen LogP contribution in [0.4, 0.5) is 4.39 Å². The van der Waals surface area contributed by atoms with Crippen molar-refractivity contribution >= 4 is 35.0 Å². The van der Waals surface area contributed by atoms with Crippen LogP contribution < -0.4 is 10.1 Å². The van der Waals surface area contributed by atoms with Crippen LogP contribution in [0.1, 0.15) is 26.3 Å². The van der Waals surface area contributed by atoms with E-state index in [4.69, 9.17) is 27.9 Å². The van der Waals surface area contributed by atoms with E-state index in [9.17, 15) is 14.0 Å². The number of ether oxygens (including phenoxy) is 1. The molecule has 0 bridgehead atoms. The van der Waals surface area contributed by atoms with Gasteiger partial charge in [0.1, 0.15) is 17.6 Å². The van der Waals surface area contributed by atoms with E-state index in [0.717, 1.165) is 5.56 Å². The average molecular weight is 441 g/mol. The molecule has 0 aliphatic carbocycles. The Kier molecular flexibility index (Phi) is 8.29. The molecule has 0 spiro atoms. The van der Waals surface area contributed by atoms with Crippen LogP contribution in [0.5, 0.6) is 5.75 Å². The lowest BCUT2D eigenvalue weighted by Gasteiger charge is -2.29. The largest absolute Gasteiger partial charge is 0.484 e. The molecular weight excluding hydrogens is 418 g/mol. The third kappa shape index (κ3) is 6.91. The van der Waals surface area contributed by atoms with E-state index in [1.807, 2.05) is 13.8 Å². The van der Waals surface area contributed by atoms with Gasteiger partial charge < -0.3 is 15.0 Å². The maximum Gasteiger partial charge on any atom is 0.261 e. The maximum atomic E-state index is 13.0. The molecule has 156 valence electrons. The minimum absolute atomic E-state index is 0.0673. The summed E-state index contributed by atoms with van der Waals surface area (Å²) in [4.78, 5) is 26.8. The number of carbonyl (C=O) groups excluding carboxylic acids is 2. The minimum atomic E-state index is -0.740. The molecule has 0 aliphatic heterocycles. The third-order valence-electron chi connectivity index (χ3n) is 4.11. The molecule has 29 heavy (non-hydrogen) atoms. The Morgan fingerprint density at radius 3 is 2.31 bits per heavy atom. The number of benzene rings is 2. The molecule has 0 aliphatic rings. The van der Waals surface area contributed by atoms with Crippen LogP contribution in [0.3, 0.4) is 0 Å². The highest BCUT2D eigenvalue weighted by atomic mass is 35.5. The van der Waals surface area contributed by atoms with Gasteiger partial charge in [-0.1, -0.05) is 29.3 Å². The van der Waals surface area contributed by atoms with Gasteiger partial charge in [0.25, 0.3) is 5.91 Å². The second-order valence-corrected chi connectivity index (χ2v) is 7.67. The zero-order valence-electron chi connectivity index (χ0n) is 16.4. The zero-order chi connectivity index (χ0) is 21.6. The number of rotatable bonds is 8. The molecule has 2 amide bonds. The Bertz CT molecular complexity index is 860. The summed E-state index contributed by atoms with van der Waals surface area (Å²) in [6.45, 7) is 5.17. The molecule has 1 unspecified atom stereocenters. The summed E-state index contributed by atoms with van der Waals surface area (Å²) < 4.78 is 18.5. The Morgan fingerprint density at radius 1 is 1.07 bits per heavy atom. The molecular formula is C21H23Cl2FN2O3. The molecule has 5 nitrogen and oxygen atoms in total. The SMILES string of the molecule is CC(C)NC(=O)C(C)N(Cc1ccc(Cl)c(Cl)c1)C(=O)COc1ccc(F)cc1. The fourth-order valence-electron chi connectivity index (χ4n) is 2.58. The van der Waals surface area contributed by atoms with Gasteiger partial charge in [0.2, 0.25) is 5.91 Å². The van der Waals surface area contributed by atoms with Crippen LogP contribution in [0.2, 0.25) is 10.0 Å². The summed E-state index contributed by atoms with van der Waals surface area (Å²) in [5.74, 6) is -0.723. The first-order chi connectivity index (χ1) is 13.7. The summed E-state index contributed by atoms with van der Waals surface area (Å²) in [5, 5.41) is 3.56. The van der Waals surface area contributed by atoms with Gasteiger partial charge in [-0.2, -0.15) is 0 Å². The quantitative estimate of drug-likeness (QED) is 0.659. The highest BCUT2D eigenvalue weighted by molar-refractivity contribution is 6.42.